The Kier molecular flexibility index (Phi) is 6.35. The first-order valence-electron chi connectivity index (χ1n) is 8.93. The average molecular weight is 352 g/mol. The maximum Gasteiger partial charge on any atom is 0.144 e. The molecule has 0 aliphatic carbocycles. The van der Waals surface area contributed by atoms with Gasteiger partial charge in [-0.15, -0.1) is 0 Å². The summed E-state index contributed by atoms with van der Waals surface area (Å²) in [6.07, 6.45) is 3.27. The number of hydrazine groups is 1. The van der Waals surface area contributed by atoms with E-state index < -0.39 is 0 Å². The SMILES string of the molecule is CC(C)(C)c1cc(CCCCC#N)cc(NNc2ccccc2N)c1O. The maximum absolute atomic E-state index is 10.7. The molecular weight excluding hydrogens is 324 g/mol. The van der Waals surface area contributed by atoms with E-state index >= 15 is 0 Å². The molecule has 0 saturated carbocycles. The molecule has 0 bridgehead atoms. The third-order valence-electron chi connectivity index (χ3n) is 4.27. The Morgan fingerprint density at radius 3 is 2.42 bits per heavy atom. The van der Waals surface area contributed by atoms with Crippen molar-refractivity contribution in [3.8, 4) is 11.8 Å². The zero-order valence-corrected chi connectivity index (χ0v) is 15.8. The van der Waals surface area contributed by atoms with Gasteiger partial charge in [0, 0.05) is 12.0 Å². The van der Waals surface area contributed by atoms with Crippen LogP contribution in [0.2, 0.25) is 0 Å². The van der Waals surface area contributed by atoms with Gasteiger partial charge in [0.15, 0.2) is 0 Å². The standard InChI is InChI=1S/C21H28N4O/c1-21(2,3)16-13-15(9-5-4-8-12-22)14-19(20(16)26)25-24-18-11-7-6-10-17(18)23/h6-7,10-11,13-14,24-26H,4-5,8-9,23H2,1-3H3. The Balaban J connectivity index is 2.25. The van der Waals surface area contributed by atoms with Gasteiger partial charge in [-0.1, -0.05) is 39.0 Å². The Morgan fingerprint density at radius 2 is 1.77 bits per heavy atom. The molecule has 0 atom stereocenters. The summed E-state index contributed by atoms with van der Waals surface area (Å²) in [6, 6.07) is 13.6. The first kappa shape index (κ1) is 19.5. The number of para-hydroxylation sites is 2. The van der Waals surface area contributed by atoms with Crippen LogP contribution < -0.4 is 16.6 Å². The third kappa shape index (κ3) is 5.06. The van der Waals surface area contributed by atoms with E-state index in [1.54, 1.807) is 0 Å². The fourth-order valence-corrected chi connectivity index (χ4v) is 2.78. The fraction of sp³-hybridized carbons (Fsp3) is 0.381. The second-order valence-corrected chi connectivity index (χ2v) is 7.49. The molecule has 0 fully saturated rings. The molecule has 0 spiro atoms. The molecule has 0 heterocycles. The number of rotatable bonds is 7. The van der Waals surface area contributed by atoms with Gasteiger partial charge in [-0.25, -0.2) is 0 Å². The van der Waals surface area contributed by atoms with E-state index in [0.29, 0.717) is 17.8 Å². The lowest BCUT2D eigenvalue weighted by Gasteiger charge is -2.24. The Morgan fingerprint density at radius 1 is 1.08 bits per heavy atom. The molecule has 26 heavy (non-hydrogen) atoms. The lowest BCUT2D eigenvalue weighted by atomic mass is 9.84. The van der Waals surface area contributed by atoms with Crippen molar-refractivity contribution in [2.24, 2.45) is 0 Å². The van der Waals surface area contributed by atoms with Crippen molar-refractivity contribution in [3.05, 3.63) is 47.5 Å². The van der Waals surface area contributed by atoms with Crippen LogP contribution in [0, 0.1) is 11.3 Å². The van der Waals surface area contributed by atoms with E-state index in [1.165, 1.54) is 0 Å². The quantitative estimate of drug-likeness (QED) is 0.245. The number of phenolic OH excluding ortho intramolecular Hbond substituents is 1. The molecule has 0 saturated heterocycles. The number of phenols is 1. The molecule has 5 N–H and O–H groups in total. The number of benzene rings is 2. The van der Waals surface area contributed by atoms with Crippen molar-refractivity contribution in [2.45, 2.75) is 51.9 Å². The monoisotopic (exact) mass is 352 g/mol. The summed E-state index contributed by atoms with van der Waals surface area (Å²) in [7, 11) is 0. The summed E-state index contributed by atoms with van der Waals surface area (Å²) in [5, 5.41) is 19.4. The van der Waals surface area contributed by atoms with E-state index in [2.05, 4.69) is 43.8 Å². The normalized spacial score (nSPS) is 11.0. The fourth-order valence-electron chi connectivity index (χ4n) is 2.78. The van der Waals surface area contributed by atoms with Crippen molar-refractivity contribution in [1.29, 1.82) is 5.26 Å². The topological polar surface area (TPSA) is 94.1 Å². The van der Waals surface area contributed by atoms with Crippen LogP contribution in [0.3, 0.4) is 0 Å². The van der Waals surface area contributed by atoms with Crippen LogP contribution in [-0.2, 0) is 11.8 Å². The first-order chi connectivity index (χ1) is 12.3. The summed E-state index contributed by atoms with van der Waals surface area (Å²) in [4.78, 5) is 0. The van der Waals surface area contributed by atoms with Gasteiger partial charge < -0.3 is 10.8 Å². The van der Waals surface area contributed by atoms with Crippen LogP contribution >= 0.6 is 0 Å². The number of aryl methyl sites for hydroxylation is 1. The smallest absolute Gasteiger partial charge is 0.144 e. The molecule has 5 nitrogen and oxygen atoms in total. The number of aromatic hydroxyl groups is 1. The minimum atomic E-state index is -0.186. The van der Waals surface area contributed by atoms with Gasteiger partial charge in [0.2, 0.25) is 0 Å². The second-order valence-electron chi connectivity index (χ2n) is 7.49. The first-order valence-corrected chi connectivity index (χ1v) is 8.93. The number of unbranched alkanes of at least 4 members (excludes halogenated alkanes) is 2. The van der Waals surface area contributed by atoms with E-state index in [0.717, 1.165) is 36.1 Å². The third-order valence-corrected chi connectivity index (χ3v) is 4.27. The summed E-state index contributed by atoms with van der Waals surface area (Å²) in [5.41, 5.74) is 16.0. The maximum atomic E-state index is 10.7. The minimum Gasteiger partial charge on any atom is -0.505 e. The molecule has 0 unspecified atom stereocenters. The highest BCUT2D eigenvalue weighted by atomic mass is 16.3. The molecule has 2 aromatic rings. The van der Waals surface area contributed by atoms with Crippen LogP contribution in [0.4, 0.5) is 17.1 Å². The number of nitrogens with one attached hydrogen (secondary N) is 2. The van der Waals surface area contributed by atoms with Crippen molar-refractivity contribution in [1.82, 2.24) is 0 Å². The van der Waals surface area contributed by atoms with Crippen molar-refractivity contribution in [3.63, 3.8) is 0 Å². The Bertz CT molecular complexity index is 788. The van der Waals surface area contributed by atoms with E-state index in [-0.39, 0.29) is 11.2 Å². The molecule has 2 rings (SSSR count). The number of hydrogen-bond donors (Lipinski definition) is 4. The van der Waals surface area contributed by atoms with Crippen LogP contribution in [-0.4, -0.2) is 5.11 Å². The van der Waals surface area contributed by atoms with Crippen molar-refractivity contribution >= 4 is 17.1 Å². The van der Waals surface area contributed by atoms with Gasteiger partial charge in [0.1, 0.15) is 5.75 Å². The van der Waals surface area contributed by atoms with E-state index in [9.17, 15) is 5.11 Å². The zero-order valence-electron chi connectivity index (χ0n) is 15.8. The number of nitrogens with zero attached hydrogens (tertiary/aromatic N) is 1. The molecule has 5 heteroatoms. The van der Waals surface area contributed by atoms with E-state index in [4.69, 9.17) is 11.0 Å². The Hall–Kier alpha value is -2.87. The molecule has 0 aliphatic rings. The Labute approximate surface area is 155 Å². The second kappa shape index (κ2) is 8.48. The van der Waals surface area contributed by atoms with E-state index in [1.807, 2.05) is 30.3 Å². The number of nitriles is 1. The van der Waals surface area contributed by atoms with Crippen LogP contribution in [0.5, 0.6) is 5.75 Å². The number of hydrogen-bond acceptors (Lipinski definition) is 5. The van der Waals surface area contributed by atoms with Crippen molar-refractivity contribution < 1.29 is 5.11 Å². The average Bonchev–Trinajstić information content (AvgIpc) is 2.59. The van der Waals surface area contributed by atoms with Crippen LogP contribution in [0.15, 0.2) is 36.4 Å². The highest BCUT2D eigenvalue weighted by Crippen LogP contribution is 2.38. The van der Waals surface area contributed by atoms with Crippen LogP contribution in [0.1, 0.15) is 51.2 Å². The summed E-state index contributed by atoms with van der Waals surface area (Å²) in [6.45, 7) is 6.23. The highest BCUT2D eigenvalue weighted by Gasteiger charge is 2.21. The predicted molar refractivity (Wildman–Crippen MR) is 108 cm³/mol. The molecule has 0 amide bonds. The largest absolute Gasteiger partial charge is 0.505 e. The van der Waals surface area contributed by atoms with Gasteiger partial charge in [-0.05, 0) is 48.4 Å². The van der Waals surface area contributed by atoms with Gasteiger partial charge >= 0.3 is 0 Å². The molecule has 138 valence electrons. The lowest BCUT2D eigenvalue weighted by molar-refractivity contribution is 0.448. The van der Waals surface area contributed by atoms with Gasteiger partial charge in [0.05, 0.1) is 23.1 Å². The summed E-state index contributed by atoms with van der Waals surface area (Å²) in [5.74, 6) is 0.236. The number of anilines is 3. The van der Waals surface area contributed by atoms with Gasteiger partial charge in [-0.2, -0.15) is 5.26 Å². The molecule has 2 aromatic carbocycles. The molecule has 0 aromatic heterocycles. The minimum absolute atomic E-state index is 0.186. The molecular formula is C21H28N4O. The zero-order chi connectivity index (χ0) is 19.2. The summed E-state index contributed by atoms with van der Waals surface area (Å²) < 4.78 is 0. The number of nitrogens with two attached hydrogens (primary N) is 1. The van der Waals surface area contributed by atoms with Gasteiger partial charge in [0.25, 0.3) is 0 Å². The number of nitrogen functional groups attached to an aromatic ring is 1. The van der Waals surface area contributed by atoms with Crippen molar-refractivity contribution in [2.75, 3.05) is 16.6 Å². The van der Waals surface area contributed by atoms with Crippen LogP contribution in [0.25, 0.3) is 0 Å². The molecule has 0 aliphatic heterocycles. The highest BCUT2D eigenvalue weighted by molar-refractivity contribution is 5.70. The molecule has 0 radical (unpaired) electrons. The summed E-state index contributed by atoms with van der Waals surface area (Å²) >= 11 is 0. The van der Waals surface area contributed by atoms with Gasteiger partial charge in [-0.3, -0.25) is 10.9 Å². The predicted octanol–water partition coefficient (Wildman–Crippen LogP) is 4.95. The lowest BCUT2D eigenvalue weighted by Crippen LogP contribution is -2.15.